The number of alkyl halides is 3. The molecule has 1 heterocycles. The first-order valence-electron chi connectivity index (χ1n) is 6.99. The van der Waals surface area contributed by atoms with E-state index in [1.54, 1.807) is 13.0 Å². The maximum Gasteiger partial charge on any atom is 0.435 e. The predicted octanol–water partition coefficient (Wildman–Crippen LogP) is 2.75. The topological polar surface area (TPSA) is 92.3 Å². The number of nitrogens with zero attached hydrogens (tertiary/aromatic N) is 4. The molecule has 10 heteroatoms. The summed E-state index contributed by atoms with van der Waals surface area (Å²) < 4.78 is 43.4. The Bertz CT molecular complexity index is 819. The average molecular weight is 351 g/mol. The molecular weight excluding hydrogens is 339 g/mol. The summed E-state index contributed by atoms with van der Waals surface area (Å²) in [4.78, 5) is 11.4. The average Bonchev–Trinajstić information content (AvgIpc) is 3.06. The van der Waals surface area contributed by atoms with Gasteiger partial charge in [0, 0.05) is 6.20 Å². The Balaban J connectivity index is 2.11. The zero-order chi connectivity index (χ0) is 18.4. The van der Waals surface area contributed by atoms with Gasteiger partial charge in [-0.3, -0.25) is 5.43 Å². The number of ether oxygens (including phenoxy) is 1. The highest BCUT2D eigenvalue weighted by atomic mass is 19.4. The molecule has 0 aliphatic rings. The zero-order valence-electron chi connectivity index (χ0n) is 12.9. The lowest BCUT2D eigenvalue weighted by molar-refractivity contribution is -0.141. The van der Waals surface area contributed by atoms with Gasteiger partial charge in [0.1, 0.15) is 6.07 Å². The highest BCUT2D eigenvalue weighted by molar-refractivity contribution is 6.43. The normalized spacial score (nSPS) is 11.7. The zero-order valence-corrected chi connectivity index (χ0v) is 12.9. The second-order valence-corrected chi connectivity index (χ2v) is 4.59. The Morgan fingerprint density at radius 3 is 2.56 bits per heavy atom. The molecule has 0 fully saturated rings. The molecule has 0 saturated heterocycles. The van der Waals surface area contributed by atoms with Crippen LogP contribution in [0.2, 0.25) is 0 Å². The molecule has 25 heavy (non-hydrogen) atoms. The van der Waals surface area contributed by atoms with Crippen LogP contribution in [0.1, 0.15) is 12.6 Å². The highest BCUT2D eigenvalue weighted by Gasteiger charge is 2.33. The van der Waals surface area contributed by atoms with Crippen LogP contribution in [-0.2, 0) is 15.7 Å². The van der Waals surface area contributed by atoms with Gasteiger partial charge in [0.15, 0.2) is 5.69 Å². The van der Waals surface area contributed by atoms with Gasteiger partial charge in [0.05, 0.1) is 18.0 Å². The Morgan fingerprint density at radius 2 is 2.04 bits per heavy atom. The van der Waals surface area contributed by atoms with Crippen LogP contribution < -0.4 is 5.43 Å². The molecule has 2 aromatic rings. The van der Waals surface area contributed by atoms with Gasteiger partial charge in [-0.2, -0.15) is 28.6 Å². The van der Waals surface area contributed by atoms with E-state index in [2.05, 4.69) is 20.4 Å². The van der Waals surface area contributed by atoms with Crippen LogP contribution in [0, 0.1) is 11.3 Å². The van der Waals surface area contributed by atoms with E-state index in [4.69, 9.17) is 5.26 Å². The summed E-state index contributed by atoms with van der Waals surface area (Å²) in [6.07, 6.45) is -3.32. The second kappa shape index (κ2) is 7.48. The molecule has 0 radical (unpaired) electrons. The number of anilines is 1. The van der Waals surface area contributed by atoms with E-state index in [0.717, 1.165) is 10.7 Å². The molecule has 1 aromatic heterocycles. The molecule has 0 aliphatic carbocycles. The lowest BCUT2D eigenvalue weighted by Crippen LogP contribution is -2.17. The number of aromatic nitrogens is 2. The molecule has 1 N–H and O–H groups in total. The molecule has 1 aromatic carbocycles. The first kappa shape index (κ1) is 18.0. The van der Waals surface area contributed by atoms with Crippen LogP contribution in [0.5, 0.6) is 0 Å². The van der Waals surface area contributed by atoms with E-state index in [1.807, 2.05) is 0 Å². The fraction of sp³-hybridized carbons (Fsp3) is 0.200. The molecule has 7 nitrogen and oxygen atoms in total. The third-order valence-electron chi connectivity index (χ3n) is 2.88. The van der Waals surface area contributed by atoms with Crippen molar-refractivity contribution in [3.05, 3.63) is 42.2 Å². The number of nitrogens with one attached hydrogen (secondary N) is 1. The number of nitriles is 1. The highest BCUT2D eigenvalue weighted by Crippen LogP contribution is 2.28. The number of benzene rings is 1. The standard InChI is InChI=1S/C15H12F3N5O2/c1-2-25-14(24)12(9-19)21-20-10-3-5-11(6-4-10)23-8-7-13(22-23)15(16,17)18/h3-8,20H,2H2,1H3/b21-12+. The Morgan fingerprint density at radius 1 is 1.36 bits per heavy atom. The lowest BCUT2D eigenvalue weighted by atomic mass is 10.3. The van der Waals surface area contributed by atoms with Gasteiger partial charge in [-0.25, -0.2) is 9.48 Å². The second-order valence-electron chi connectivity index (χ2n) is 4.59. The third kappa shape index (κ3) is 4.57. The molecule has 130 valence electrons. The predicted molar refractivity (Wildman–Crippen MR) is 81.9 cm³/mol. The van der Waals surface area contributed by atoms with Gasteiger partial charge < -0.3 is 4.74 Å². The van der Waals surface area contributed by atoms with Gasteiger partial charge >= 0.3 is 12.1 Å². The van der Waals surface area contributed by atoms with Crippen LogP contribution >= 0.6 is 0 Å². The third-order valence-corrected chi connectivity index (χ3v) is 2.88. The molecule has 0 amide bonds. The molecule has 2 rings (SSSR count). The molecule has 0 atom stereocenters. The summed E-state index contributed by atoms with van der Waals surface area (Å²) in [5.41, 5.74) is 1.87. The maximum atomic E-state index is 12.5. The lowest BCUT2D eigenvalue weighted by Gasteiger charge is -2.05. The number of hydrogen-bond donors (Lipinski definition) is 1. The first-order chi connectivity index (χ1) is 11.8. The summed E-state index contributed by atoms with van der Waals surface area (Å²) in [6.45, 7) is 1.70. The molecule has 0 unspecified atom stereocenters. The molecule has 0 saturated carbocycles. The van der Waals surface area contributed by atoms with E-state index >= 15 is 0 Å². The van der Waals surface area contributed by atoms with Crippen LogP contribution in [-0.4, -0.2) is 28.1 Å². The molecule has 0 bridgehead atoms. The number of halogens is 3. The van der Waals surface area contributed by atoms with Crippen LogP contribution in [0.15, 0.2) is 41.6 Å². The van der Waals surface area contributed by atoms with Crippen molar-refractivity contribution in [1.29, 1.82) is 5.26 Å². The number of hydrogen-bond acceptors (Lipinski definition) is 6. The largest absolute Gasteiger partial charge is 0.461 e. The quantitative estimate of drug-likeness (QED) is 0.508. The van der Waals surface area contributed by atoms with Crippen molar-refractivity contribution in [3.63, 3.8) is 0 Å². The molecule has 0 spiro atoms. The van der Waals surface area contributed by atoms with Gasteiger partial charge in [-0.1, -0.05) is 0 Å². The van der Waals surface area contributed by atoms with E-state index in [1.165, 1.54) is 30.5 Å². The number of rotatable bonds is 5. The molecular formula is C15H12F3N5O2. The Kier molecular flexibility index (Phi) is 5.38. The maximum absolute atomic E-state index is 12.5. The summed E-state index contributed by atoms with van der Waals surface area (Å²) in [5, 5.41) is 15.9. The Labute approximate surface area is 140 Å². The van der Waals surface area contributed by atoms with E-state index in [9.17, 15) is 18.0 Å². The summed E-state index contributed by atoms with van der Waals surface area (Å²) >= 11 is 0. The van der Waals surface area contributed by atoms with Gasteiger partial charge in [-0.05, 0) is 37.3 Å². The fourth-order valence-corrected chi connectivity index (χ4v) is 1.74. The van der Waals surface area contributed by atoms with Crippen molar-refractivity contribution in [3.8, 4) is 11.8 Å². The summed E-state index contributed by atoms with van der Waals surface area (Å²) in [5.74, 6) is -0.856. The van der Waals surface area contributed by atoms with E-state index in [0.29, 0.717) is 11.4 Å². The minimum Gasteiger partial charge on any atom is -0.461 e. The van der Waals surface area contributed by atoms with Crippen LogP contribution in [0.25, 0.3) is 5.69 Å². The van der Waals surface area contributed by atoms with Crippen molar-refractivity contribution in [1.82, 2.24) is 9.78 Å². The van der Waals surface area contributed by atoms with Crippen molar-refractivity contribution >= 4 is 17.4 Å². The monoisotopic (exact) mass is 351 g/mol. The van der Waals surface area contributed by atoms with E-state index in [-0.39, 0.29) is 6.61 Å². The van der Waals surface area contributed by atoms with E-state index < -0.39 is 23.6 Å². The minimum atomic E-state index is -4.51. The Hall–Kier alpha value is -3.35. The smallest absolute Gasteiger partial charge is 0.435 e. The SMILES string of the molecule is CCOC(=O)/C(C#N)=N/Nc1ccc(-n2ccc(C(F)(F)F)n2)cc1. The first-order valence-corrected chi connectivity index (χ1v) is 6.99. The number of hydrazone groups is 1. The minimum absolute atomic E-state index is 0.109. The number of carbonyl (C=O) groups excluding carboxylic acids is 1. The van der Waals surface area contributed by atoms with Gasteiger partial charge in [0.25, 0.3) is 0 Å². The van der Waals surface area contributed by atoms with Crippen molar-refractivity contribution in [2.75, 3.05) is 12.0 Å². The summed E-state index contributed by atoms with van der Waals surface area (Å²) in [7, 11) is 0. The van der Waals surface area contributed by atoms with Crippen molar-refractivity contribution < 1.29 is 22.7 Å². The van der Waals surface area contributed by atoms with Gasteiger partial charge in [-0.15, -0.1) is 0 Å². The number of carbonyl (C=O) groups is 1. The fourth-order valence-electron chi connectivity index (χ4n) is 1.74. The van der Waals surface area contributed by atoms with Crippen molar-refractivity contribution in [2.45, 2.75) is 13.1 Å². The molecule has 0 aliphatic heterocycles. The summed E-state index contributed by atoms with van der Waals surface area (Å²) in [6, 6.07) is 8.49. The number of esters is 1. The van der Waals surface area contributed by atoms with Crippen LogP contribution in [0.3, 0.4) is 0 Å². The van der Waals surface area contributed by atoms with Gasteiger partial charge in [0.2, 0.25) is 5.71 Å². The van der Waals surface area contributed by atoms with Crippen molar-refractivity contribution in [2.24, 2.45) is 5.10 Å². The van der Waals surface area contributed by atoms with Crippen LogP contribution in [0.4, 0.5) is 18.9 Å².